The van der Waals surface area contributed by atoms with Crippen LogP contribution in [0, 0.1) is 6.92 Å². The first-order chi connectivity index (χ1) is 12.5. The van der Waals surface area contributed by atoms with Crippen LogP contribution < -0.4 is 10.6 Å². The average Bonchev–Trinajstić information content (AvgIpc) is 3.09. The second-order valence-corrected chi connectivity index (χ2v) is 8.17. The van der Waals surface area contributed by atoms with Crippen LogP contribution in [0.2, 0.25) is 0 Å². The van der Waals surface area contributed by atoms with Gasteiger partial charge in [0.1, 0.15) is 0 Å². The van der Waals surface area contributed by atoms with Gasteiger partial charge in [-0.2, -0.15) is 0 Å². The zero-order chi connectivity index (χ0) is 18.9. The molecule has 2 N–H and O–H groups in total. The molecular formula is C19H25N3O2S2. The predicted molar refractivity (Wildman–Crippen MR) is 111 cm³/mol. The second-order valence-electron chi connectivity index (χ2n) is 6.21. The van der Waals surface area contributed by atoms with E-state index in [9.17, 15) is 9.59 Å². The van der Waals surface area contributed by atoms with Crippen molar-refractivity contribution in [2.45, 2.75) is 13.0 Å². The molecule has 140 valence electrons. The van der Waals surface area contributed by atoms with Gasteiger partial charge >= 0.3 is 0 Å². The maximum absolute atomic E-state index is 12.0. The Morgan fingerprint density at radius 2 is 1.92 bits per heavy atom. The molecule has 26 heavy (non-hydrogen) atoms. The molecule has 0 aliphatic rings. The van der Waals surface area contributed by atoms with Crippen LogP contribution in [-0.4, -0.2) is 48.9 Å². The van der Waals surface area contributed by atoms with Crippen molar-refractivity contribution in [3.05, 3.63) is 52.2 Å². The first-order valence-corrected chi connectivity index (χ1v) is 10.4. The molecule has 0 saturated heterocycles. The summed E-state index contributed by atoms with van der Waals surface area (Å²) in [6, 6.07) is 11.9. The third-order valence-corrected chi connectivity index (χ3v) is 5.66. The van der Waals surface area contributed by atoms with E-state index >= 15 is 0 Å². The van der Waals surface area contributed by atoms with Gasteiger partial charge in [-0.3, -0.25) is 9.59 Å². The Labute approximate surface area is 163 Å². The number of carbonyl (C=O) groups is 2. The summed E-state index contributed by atoms with van der Waals surface area (Å²) in [5.74, 6) is 0.370. The third kappa shape index (κ3) is 6.82. The highest BCUT2D eigenvalue weighted by molar-refractivity contribution is 8.00. The van der Waals surface area contributed by atoms with Crippen molar-refractivity contribution in [1.29, 1.82) is 0 Å². The van der Waals surface area contributed by atoms with Crippen molar-refractivity contribution in [2.75, 3.05) is 37.5 Å². The number of likely N-dealkylation sites (N-methyl/N-ethyl adjacent to an activating group) is 1. The van der Waals surface area contributed by atoms with E-state index < -0.39 is 0 Å². The third-order valence-electron chi connectivity index (χ3n) is 3.76. The topological polar surface area (TPSA) is 61.4 Å². The number of hydrogen-bond acceptors (Lipinski definition) is 5. The summed E-state index contributed by atoms with van der Waals surface area (Å²) >= 11 is 3.00. The fourth-order valence-electron chi connectivity index (χ4n) is 2.44. The minimum atomic E-state index is -0.0989. The number of benzene rings is 1. The van der Waals surface area contributed by atoms with E-state index in [1.165, 1.54) is 16.6 Å². The van der Waals surface area contributed by atoms with Gasteiger partial charge in [0.15, 0.2) is 0 Å². The highest BCUT2D eigenvalue weighted by Gasteiger charge is 2.16. The van der Waals surface area contributed by atoms with E-state index in [0.29, 0.717) is 6.54 Å². The van der Waals surface area contributed by atoms with Gasteiger partial charge in [0.25, 0.3) is 0 Å². The molecule has 1 unspecified atom stereocenters. The first kappa shape index (κ1) is 20.5. The van der Waals surface area contributed by atoms with Crippen molar-refractivity contribution in [2.24, 2.45) is 0 Å². The highest BCUT2D eigenvalue weighted by atomic mass is 32.2. The Kier molecular flexibility index (Phi) is 8.15. The molecule has 0 fully saturated rings. The lowest BCUT2D eigenvalue weighted by molar-refractivity contribution is -0.118. The van der Waals surface area contributed by atoms with Gasteiger partial charge in [-0.05, 0) is 50.2 Å². The molecule has 2 amide bonds. The van der Waals surface area contributed by atoms with Crippen LogP contribution >= 0.6 is 23.1 Å². The van der Waals surface area contributed by atoms with Crippen LogP contribution in [0.1, 0.15) is 16.5 Å². The number of rotatable bonds is 9. The summed E-state index contributed by atoms with van der Waals surface area (Å²) in [6.07, 6.45) is 0. The summed E-state index contributed by atoms with van der Waals surface area (Å²) in [5, 5.41) is 7.84. The summed E-state index contributed by atoms with van der Waals surface area (Å²) in [7, 11) is 4.00. The fraction of sp³-hybridized carbons (Fsp3) is 0.368. The summed E-state index contributed by atoms with van der Waals surface area (Å²) in [6.45, 7) is 2.54. The van der Waals surface area contributed by atoms with Crippen LogP contribution in [0.25, 0.3) is 0 Å². The summed E-state index contributed by atoms with van der Waals surface area (Å²) in [5.41, 5.74) is 1.88. The van der Waals surface area contributed by atoms with Crippen molar-refractivity contribution < 1.29 is 9.59 Å². The van der Waals surface area contributed by atoms with Crippen LogP contribution in [-0.2, 0) is 9.59 Å². The van der Waals surface area contributed by atoms with E-state index in [2.05, 4.69) is 21.6 Å². The largest absolute Gasteiger partial charge is 0.353 e. The van der Waals surface area contributed by atoms with Crippen molar-refractivity contribution >= 4 is 40.6 Å². The molecule has 1 aromatic heterocycles. The number of nitrogens with one attached hydrogen (secondary N) is 2. The SMILES string of the molecule is Cc1cccc(NC(=O)CSCC(=O)NCC(c2cccs2)N(C)C)c1. The van der Waals surface area contributed by atoms with E-state index in [-0.39, 0.29) is 29.4 Å². The zero-order valence-electron chi connectivity index (χ0n) is 15.3. The van der Waals surface area contributed by atoms with Crippen molar-refractivity contribution in [3.8, 4) is 0 Å². The first-order valence-electron chi connectivity index (χ1n) is 8.36. The van der Waals surface area contributed by atoms with Crippen LogP contribution in [0.5, 0.6) is 0 Å². The normalized spacial score (nSPS) is 12.0. The van der Waals surface area contributed by atoms with Gasteiger partial charge in [0, 0.05) is 17.1 Å². The number of thiophene rings is 1. The van der Waals surface area contributed by atoms with Gasteiger partial charge in [0.05, 0.1) is 17.5 Å². The summed E-state index contributed by atoms with van der Waals surface area (Å²) in [4.78, 5) is 27.3. The quantitative estimate of drug-likeness (QED) is 0.689. The molecule has 0 spiro atoms. The molecule has 7 heteroatoms. The lowest BCUT2D eigenvalue weighted by atomic mass is 10.2. The van der Waals surface area contributed by atoms with Gasteiger partial charge < -0.3 is 15.5 Å². The Balaban J connectivity index is 1.69. The summed E-state index contributed by atoms with van der Waals surface area (Å²) < 4.78 is 0. The Morgan fingerprint density at radius 3 is 2.58 bits per heavy atom. The second kappa shape index (κ2) is 10.4. The Bertz CT molecular complexity index is 717. The van der Waals surface area contributed by atoms with Crippen LogP contribution in [0.4, 0.5) is 5.69 Å². The average molecular weight is 392 g/mol. The molecule has 2 aromatic rings. The molecule has 0 radical (unpaired) electrons. The van der Waals surface area contributed by atoms with Crippen LogP contribution in [0.3, 0.4) is 0 Å². The monoisotopic (exact) mass is 391 g/mol. The number of anilines is 1. The van der Waals surface area contributed by atoms with E-state index in [4.69, 9.17) is 0 Å². The van der Waals surface area contributed by atoms with E-state index in [1.807, 2.05) is 56.7 Å². The molecule has 0 aliphatic carbocycles. The maximum atomic E-state index is 12.0. The smallest absolute Gasteiger partial charge is 0.234 e. The van der Waals surface area contributed by atoms with Crippen molar-refractivity contribution in [3.63, 3.8) is 0 Å². The predicted octanol–water partition coefficient (Wildman–Crippen LogP) is 3.15. The minimum Gasteiger partial charge on any atom is -0.353 e. The highest BCUT2D eigenvalue weighted by Crippen LogP contribution is 2.22. The molecule has 0 aliphatic heterocycles. The number of thioether (sulfide) groups is 1. The molecule has 1 heterocycles. The molecular weight excluding hydrogens is 366 g/mol. The number of amides is 2. The molecule has 0 saturated carbocycles. The maximum Gasteiger partial charge on any atom is 0.234 e. The van der Waals surface area contributed by atoms with Crippen molar-refractivity contribution in [1.82, 2.24) is 10.2 Å². The lowest BCUT2D eigenvalue weighted by Gasteiger charge is -2.23. The molecule has 2 rings (SSSR count). The number of aryl methyl sites for hydroxylation is 1. The molecule has 1 atom stereocenters. The zero-order valence-corrected chi connectivity index (χ0v) is 17.0. The van der Waals surface area contributed by atoms with Crippen LogP contribution in [0.15, 0.2) is 41.8 Å². The number of hydrogen-bond donors (Lipinski definition) is 2. The minimum absolute atomic E-state index is 0.0539. The van der Waals surface area contributed by atoms with Gasteiger partial charge in [0.2, 0.25) is 11.8 Å². The Hall–Kier alpha value is -1.83. The Morgan fingerprint density at radius 1 is 1.15 bits per heavy atom. The van der Waals surface area contributed by atoms with Gasteiger partial charge in [-0.25, -0.2) is 0 Å². The van der Waals surface area contributed by atoms with E-state index in [1.54, 1.807) is 11.3 Å². The molecule has 1 aromatic carbocycles. The van der Waals surface area contributed by atoms with Gasteiger partial charge in [-0.15, -0.1) is 23.1 Å². The van der Waals surface area contributed by atoms with Gasteiger partial charge in [-0.1, -0.05) is 18.2 Å². The molecule has 0 bridgehead atoms. The molecule has 5 nitrogen and oxygen atoms in total. The number of carbonyl (C=O) groups excluding carboxylic acids is 2. The number of nitrogens with zero attached hydrogens (tertiary/aromatic N) is 1. The standard InChI is InChI=1S/C19H25N3O2S2/c1-14-6-4-7-15(10-14)21-19(24)13-25-12-18(23)20-11-16(22(2)3)17-8-5-9-26-17/h4-10,16H,11-13H2,1-3H3,(H,20,23)(H,21,24). The van der Waals surface area contributed by atoms with E-state index in [0.717, 1.165) is 11.3 Å². The fourth-order valence-corrected chi connectivity index (χ4v) is 4.01. The lowest BCUT2D eigenvalue weighted by Crippen LogP contribution is -2.35.